The van der Waals surface area contributed by atoms with Crippen molar-refractivity contribution in [2.24, 2.45) is 7.05 Å². The van der Waals surface area contributed by atoms with Crippen LogP contribution in [0.4, 0.5) is 11.5 Å². The Morgan fingerprint density at radius 3 is 2.57 bits per heavy atom. The van der Waals surface area contributed by atoms with Gasteiger partial charge in [0.2, 0.25) is 5.82 Å². The first-order valence-corrected chi connectivity index (χ1v) is 6.69. The first-order valence-electron chi connectivity index (χ1n) is 6.69. The molecule has 0 aromatic carbocycles. The first kappa shape index (κ1) is 15.0. The molecule has 0 aliphatic carbocycles. The molecule has 0 saturated carbocycles. The lowest BCUT2D eigenvalue weighted by molar-refractivity contribution is -0.384. The Labute approximate surface area is 122 Å². The number of hydrogen-bond acceptors (Lipinski definition) is 6. The molecule has 2 aromatic heterocycles. The van der Waals surface area contributed by atoms with Crippen LogP contribution in [0.2, 0.25) is 0 Å². The van der Waals surface area contributed by atoms with Gasteiger partial charge >= 0.3 is 5.69 Å². The molecule has 0 bridgehead atoms. The van der Waals surface area contributed by atoms with E-state index < -0.39 is 0 Å². The van der Waals surface area contributed by atoms with Crippen molar-refractivity contribution in [3.05, 3.63) is 32.8 Å². The van der Waals surface area contributed by atoms with E-state index in [-0.39, 0.29) is 10.6 Å². The second kappa shape index (κ2) is 5.55. The second-order valence-corrected chi connectivity index (χ2v) is 5.01. The molecule has 0 aliphatic heterocycles. The third kappa shape index (κ3) is 2.61. The molecular weight excluding hydrogens is 274 g/mol. The van der Waals surface area contributed by atoms with Gasteiger partial charge in [-0.25, -0.2) is 4.68 Å². The summed E-state index contributed by atoms with van der Waals surface area (Å²) in [7, 11) is 3.51. The molecule has 0 saturated heterocycles. The Kier molecular flexibility index (Phi) is 3.97. The van der Waals surface area contributed by atoms with Gasteiger partial charge in [0.05, 0.1) is 10.6 Å². The Morgan fingerprint density at radius 1 is 1.43 bits per heavy atom. The van der Waals surface area contributed by atoms with Crippen molar-refractivity contribution >= 4 is 11.5 Å². The minimum atomic E-state index is -0.370. The van der Waals surface area contributed by atoms with Crippen molar-refractivity contribution in [1.29, 1.82) is 0 Å². The summed E-state index contributed by atoms with van der Waals surface area (Å²) in [6, 6.07) is 0. The summed E-state index contributed by atoms with van der Waals surface area (Å²) >= 11 is 0. The van der Waals surface area contributed by atoms with Crippen molar-refractivity contribution in [1.82, 2.24) is 14.9 Å². The van der Waals surface area contributed by atoms with Crippen LogP contribution in [0, 0.1) is 24.0 Å². The summed E-state index contributed by atoms with van der Waals surface area (Å²) in [4.78, 5) is 12.8. The fourth-order valence-electron chi connectivity index (χ4n) is 2.45. The van der Waals surface area contributed by atoms with Gasteiger partial charge < -0.3 is 9.42 Å². The maximum absolute atomic E-state index is 11.4. The van der Waals surface area contributed by atoms with Crippen LogP contribution in [0.15, 0.2) is 4.52 Å². The fourth-order valence-corrected chi connectivity index (χ4v) is 2.45. The van der Waals surface area contributed by atoms with Gasteiger partial charge in [0.15, 0.2) is 0 Å². The third-order valence-electron chi connectivity index (χ3n) is 3.52. The molecule has 0 N–H and O–H groups in total. The van der Waals surface area contributed by atoms with Crippen LogP contribution in [0.25, 0.3) is 0 Å². The smallest absolute Gasteiger partial charge is 0.334 e. The molecule has 8 heteroatoms. The predicted octanol–water partition coefficient (Wildman–Crippen LogP) is 2.13. The van der Waals surface area contributed by atoms with Gasteiger partial charge in [-0.15, -0.1) is 0 Å². The highest BCUT2D eigenvalue weighted by Gasteiger charge is 2.28. The minimum Gasteiger partial charge on any atom is -0.361 e. The van der Waals surface area contributed by atoms with Crippen LogP contribution >= 0.6 is 0 Å². The molecule has 2 heterocycles. The van der Waals surface area contributed by atoms with Crippen molar-refractivity contribution in [3.63, 3.8) is 0 Å². The number of nitro groups is 1. The number of hydrogen-bond donors (Lipinski definition) is 0. The lowest BCUT2D eigenvalue weighted by Crippen LogP contribution is -2.21. The molecular formula is C13H19N5O3. The zero-order valence-corrected chi connectivity index (χ0v) is 12.9. The quantitative estimate of drug-likeness (QED) is 0.619. The SMILES string of the molecule is CCc1nn(C)c(N(C)Cc2c(C)noc2C)c1[N+](=O)[O-]. The molecule has 0 spiro atoms. The largest absolute Gasteiger partial charge is 0.361 e. The molecule has 0 atom stereocenters. The summed E-state index contributed by atoms with van der Waals surface area (Å²) in [6.45, 7) is 6.02. The first-order chi connectivity index (χ1) is 9.86. The average molecular weight is 293 g/mol. The molecule has 0 amide bonds. The maximum atomic E-state index is 11.4. The number of rotatable bonds is 5. The van der Waals surface area contributed by atoms with Crippen LogP contribution in [0.1, 0.15) is 29.6 Å². The van der Waals surface area contributed by atoms with Gasteiger partial charge in [-0.3, -0.25) is 10.1 Å². The van der Waals surface area contributed by atoms with E-state index in [2.05, 4.69) is 10.3 Å². The molecule has 114 valence electrons. The van der Waals surface area contributed by atoms with Gasteiger partial charge in [0.25, 0.3) is 0 Å². The topological polar surface area (TPSA) is 90.2 Å². The Morgan fingerprint density at radius 2 is 2.10 bits per heavy atom. The predicted molar refractivity (Wildman–Crippen MR) is 77.3 cm³/mol. The molecule has 2 rings (SSSR count). The van der Waals surface area contributed by atoms with Gasteiger partial charge in [-0.2, -0.15) is 5.10 Å². The summed E-state index contributed by atoms with van der Waals surface area (Å²) in [5.41, 5.74) is 2.28. The Balaban J connectivity index is 2.42. The highest BCUT2D eigenvalue weighted by Crippen LogP contribution is 2.32. The number of anilines is 1. The number of aryl methyl sites for hydroxylation is 4. The van der Waals surface area contributed by atoms with Crippen LogP contribution in [-0.4, -0.2) is 26.9 Å². The average Bonchev–Trinajstić information content (AvgIpc) is 2.92. The van der Waals surface area contributed by atoms with Gasteiger partial charge in [0, 0.05) is 26.2 Å². The molecule has 0 radical (unpaired) electrons. The molecule has 2 aromatic rings. The van der Waals surface area contributed by atoms with E-state index in [0.717, 1.165) is 17.0 Å². The van der Waals surface area contributed by atoms with Gasteiger partial charge in [-0.1, -0.05) is 12.1 Å². The maximum Gasteiger partial charge on any atom is 0.334 e. The summed E-state index contributed by atoms with van der Waals surface area (Å²) in [5, 5.41) is 19.5. The van der Waals surface area contributed by atoms with Crippen LogP contribution in [0.5, 0.6) is 0 Å². The van der Waals surface area contributed by atoms with Crippen molar-refractivity contribution < 1.29 is 9.45 Å². The number of aromatic nitrogens is 3. The minimum absolute atomic E-state index is 0.0641. The van der Waals surface area contributed by atoms with E-state index in [1.54, 1.807) is 23.7 Å². The molecule has 8 nitrogen and oxygen atoms in total. The van der Waals surface area contributed by atoms with Crippen LogP contribution in [-0.2, 0) is 20.0 Å². The fraction of sp³-hybridized carbons (Fsp3) is 0.538. The van der Waals surface area contributed by atoms with Crippen LogP contribution in [0.3, 0.4) is 0 Å². The summed E-state index contributed by atoms with van der Waals surface area (Å²) in [5.74, 6) is 1.21. The van der Waals surface area contributed by atoms with Gasteiger partial charge in [-0.05, 0) is 20.3 Å². The third-order valence-corrected chi connectivity index (χ3v) is 3.52. The molecule has 0 unspecified atom stereocenters. The van der Waals surface area contributed by atoms with Gasteiger partial charge in [0.1, 0.15) is 11.5 Å². The number of nitrogens with zero attached hydrogens (tertiary/aromatic N) is 5. The van der Waals surface area contributed by atoms with Crippen molar-refractivity contribution in [2.45, 2.75) is 33.7 Å². The highest BCUT2D eigenvalue weighted by molar-refractivity contribution is 5.61. The molecule has 0 aliphatic rings. The summed E-state index contributed by atoms with van der Waals surface area (Å²) in [6.07, 6.45) is 0.517. The summed E-state index contributed by atoms with van der Waals surface area (Å²) < 4.78 is 6.68. The zero-order chi connectivity index (χ0) is 15.7. The monoisotopic (exact) mass is 293 g/mol. The normalized spacial score (nSPS) is 10.9. The zero-order valence-electron chi connectivity index (χ0n) is 12.9. The molecule has 21 heavy (non-hydrogen) atoms. The van der Waals surface area contributed by atoms with E-state index >= 15 is 0 Å². The highest BCUT2D eigenvalue weighted by atomic mass is 16.6. The lowest BCUT2D eigenvalue weighted by atomic mass is 10.2. The van der Waals surface area contributed by atoms with E-state index in [1.807, 2.05) is 20.8 Å². The van der Waals surface area contributed by atoms with E-state index in [0.29, 0.717) is 24.5 Å². The Hall–Kier alpha value is -2.38. The standard InChI is InChI=1S/C13H19N5O3/c1-6-11-12(18(19)20)13(17(5)14-11)16(4)7-10-8(2)15-21-9(10)3/h6-7H2,1-5H3. The van der Waals surface area contributed by atoms with Crippen molar-refractivity contribution in [3.8, 4) is 0 Å². The van der Waals surface area contributed by atoms with E-state index in [1.165, 1.54) is 0 Å². The molecule has 0 fully saturated rings. The van der Waals surface area contributed by atoms with E-state index in [4.69, 9.17) is 4.52 Å². The second-order valence-electron chi connectivity index (χ2n) is 5.01. The lowest BCUT2D eigenvalue weighted by Gasteiger charge is -2.18. The van der Waals surface area contributed by atoms with Crippen molar-refractivity contribution in [2.75, 3.05) is 11.9 Å². The Bertz CT molecular complexity index is 654. The van der Waals surface area contributed by atoms with Crippen LogP contribution < -0.4 is 4.90 Å². The van der Waals surface area contributed by atoms with E-state index in [9.17, 15) is 10.1 Å².